The summed E-state index contributed by atoms with van der Waals surface area (Å²) in [5.74, 6) is -0.583. The molecule has 298 valence electrons. The van der Waals surface area contributed by atoms with E-state index in [2.05, 4.69) is 27.0 Å². The quantitative estimate of drug-likeness (QED) is 0.349. The van der Waals surface area contributed by atoms with E-state index in [1.165, 1.54) is 0 Å². The van der Waals surface area contributed by atoms with E-state index in [-0.39, 0.29) is 97.0 Å². The van der Waals surface area contributed by atoms with Crippen LogP contribution in [0.4, 0.5) is 0 Å². The summed E-state index contributed by atoms with van der Waals surface area (Å²) >= 11 is 0. The van der Waals surface area contributed by atoms with Gasteiger partial charge in [0.25, 0.3) is 0 Å². The molecular weight excluding hydrogens is 678 g/mol. The molecule has 1 aliphatic carbocycles. The normalized spacial score (nSPS) is 51.1. The molecule has 0 aromatic rings. The van der Waals surface area contributed by atoms with Crippen LogP contribution in [-0.4, -0.2) is 115 Å². The third-order valence-corrected chi connectivity index (χ3v) is 14.7. The Morgan fingerprint density at radius 3 is 2.40 bits per heavy atom. The van der Waals surface area contributed by atoms with Crippen molar-refractivity contribution >= 4 is 5.78 Å². The smallest absolute Gasteiger partial charge is 0.168 e. The molecule has 7 saturated heterocycles. The van der Waals surface area contributed by atoms with Gasteiger partial charge in [-0.05, 0) is 99.0 Å². The Morgan fingerprint density at radius 1 is 0.849 bits per heavy atom. The van der Waals surface area contributed by atoms with Crippen molar-refractivity contribution in [1.29, 1.82) is 0 Å². The van der Waals surface area contributed by atoms with Gasteiger partial charge in [0, 0.05) is 45.3 Å². The van der Waals surface area contributed by atoms with Crippen molar-refractivity contribution in [2.75, 3.05) is 13.7 Å². The molecular formula is C42H65NO10. The molecule has 0 amide bonds. The molecule has 0 unspecified atom stereocenters. The van der Waals surface area contributed by atoms with Gasteiger partial charge in [-0.2, -0.15) is 0 Å². The van der Waals surface area contributed by atoms with E-state index in [0.717, 1.165) is 56.1 Å². The fourth-order valence-corrected chi connectivity index (χ4v) is 11.8. The Kier molecular flexibility index (Phi) is 11.4. The first-order valence-electron chi connectivity index (χ1n) is 20.9. The van der Waals surface area contributed by atoms with Crippen LogP contribution in [0, 0.1) is 29.6 Å². The number of hydrogen-bond donors (Lipinski definition) is 3. The molecule has 8 fully saturated rings. The van der Waals surface area contributed by atoms with Crippen LogP contribution in [0.3, 0.4) is 0 Å². The first kappa shape index (κ1) is 38.6. The Labute approximate surface area is 315 Å². The van der Waals surface area contributed by atoms with Crippen LogP contribution in [0.2, 0.25) is 0 Å². The highest BCUT2D eigenvalue weighted by Crippen LogP contribution is 2.50. The summed E-state index contributed by atoms with van der Waals surface area (Å²) in [4.78, 5) is 14.1. The van der Waals surface area contributed by atoms with E-state index in [1.807, 2.05) is 0 Å². The number of nitrogens with two attached hydrogens (primary N) is 1. The largest absolute Gasteiger partial charge is 0.392 e. The number of methoxy groups -OCH3 is 1. The molecule has 1 saturated carbocycles. The second-order valence-electron chi connectivity index (χ2n) is 18.3. The van der Waals surface area contributed by atoms with Crippen molar-refractivity contribution in [3.05, 3.63) is 24.3 Å². The number of rotatable bonds is 4. The minimum atomic E-state index is -1.39. The highest BCUT2D eigenvalue weighted by molar-refractivity contribution is 5.79. The molecule has 10 bridgehead atoms. The predicted octanol–water partition coefficient (Wildman–Crippen LogP) is 4.54. The Morgan fingerprint density at radius 2 is 1.60 bits per heavy atom. The molecule has 7 heterocycles. The molecule has 0 radical (unpaired) electrons. The minimum absolute atomic E-state index is 0.0276. The van der Waals surface area contributed by atoms with Crippen LogP contribution in [-0.2, 0) is 38.0 Å². The van der Waals surface area contributed by atoms with Crippen molar-refractivity contribution < 1.29 is 48.2 Å². The summed E-state index contributed by atoms with van der Waals surface area (Å²) in [5, 5.41) is 22.8. The lowest BCUT2D eigenvalue weighted by molar-refractivity contribution is -0.318. The second kappa shape index (κ2) is 15.6. The number of hydrogen-bond acceptors (Lipinski definition) is 11. The lowest BCUT2D eigenvalue weighted by Gasteiger charge is -2.50. The Bertz CT molecular complexity index is 1360. The minimum Gasteiger partial charge on any atom is -0.392 e. The number of ether oxygens (including phenoxy) is 7. The number of carbonyl (C=O) groups is 1. The zero-order valence-corrected chi connectivity index (χ0v) is 32.2. The van der Waals surface area contributed by atoms with Crippen molar-refractivity contribution in [2.24, 2.45) is 35.3 Å². The van der Waals surface area contributed by atoms with Crippen LogP contribution in [0.5, 0.6) is 0 Å². The van der Waals surface area contributed by atoms with Crippen LogP contribution >= 0.6 is 0 Å². The van der Waals surface area contributed by atoms with E-state index in [0.29, 0.717) is 50.9 Å². The van der Waals surface area contributed by atoms with Gasteiger partial charge < -0.3 is 49.1 Å². The SMILES string of the molecule is C=C1C[C@@H]2CC[C@@]3(O)C[C@H]4O[C@H]5[C@@H](O3)[C@H]3O[C@H](CC[C@@H]3O[C@H]5[C@H]4C)CC(=O)C[C@H]3[C@@H](C[C@H](C[C@H](O)CN)[C@@H]3OC)C[C@H]3O[C@@H](CC[C@@H]1O2)C[C@@H](C)C3=C. The van der Waals surface area contributed by atoms with Gasteiger partial charge in [-0.25, -0.2) is 0 Å². The van der Waals surface area contributed by atoms with Crippen LogP contribution < -0.4 is 5.73 Å². The second-order valence-corrected chi connectivity index (χ2v) is 18.3. The zero-order valence-electron chi connectivity index (χ0n) is 32.2. The number of aliphatic hydroxyl groups is 2. The maximum atomic E-state index is 14.1. The summed E-state index contributed by atoms with van der Waals surface area (Å²) in [5.41, 5.74) is 8.09. The number of fused-ring (bicyclic) bond motifs is 8. The lowest BCUT2D eigenvalue weighted by atomic mass is 9.79. The molecule has 0 aromatic carbocycles. The highest BCUT2D eigenvalue weighted by Gasteiger charge is 2.61. The number of Topliss-reactive ketones (excluding diaryl/α,β-unsaturated/α-hetero) is 1. The molecule has 53 heavy (non-hydrogen) atoms. The molecule has 7 aliphatic heterocycles. The van der Waals surface area contributed by atoms with Gasteiger partial charge in [0.05, 0.1) is 61.0 Å². The van der Waals surface area contributed by atoms with E-state index < -0.39 is 24.1 Å². The maximum Gasteiger partial charge on any atom is 0.168 e. The molecule has 19 atom stereocenters. The summed E-state index contributed by atoms with van der Waals surface area (Å²) in [6.45, 7) is 13.5. The van der Waals surface area contributed by atoms with Crippen molar-refractivity contribution in [3.8, 4) is 0 Å². The van der Waals surface area contributed by atoms with Crippen LogP contribution in [0.15, 0.2) is 24.3 Å². The lowest BCUT2D eigenvalue weighted by Crippen LogP contribution is -2.63. The first-order valence-corrected chi connectivity index (χ1v) is 20.9. The van der Waals surface area contributed by atoms with E-state index in [1.54, 1.807) is 7.11 Å². The Balaban J connectivity index is 1.07. The average Bonchev–Trinajstić information content (AvgIpc) is 3.71. The van der Waals surface area contributed by atoms with Crippen molar-refractivity contribution in [3.63, 3.8) is 0 Å². The fourth-order valence-electron chi connectivity index (χ4n) is 11.8. The topological polar surface area (TPSA) is 148 Å². The first-order chi connectivity index (χ1) is 25.4. The summed E-state index contributed by atoms with van der Waals surface area (Å²) in [6.07, 6.45) is 6.16. The third kappa shape index (κ3) is 7.75. The molecule has 0 aromatic heterocycles. The van der Waals surface area contributed by atoms with E-state index >= 15 is 0 Å². The monoisotopic (exact) mass is 743 g/mol. The molecule has 4 N–H and O–H groups in total. The fraction of sp³-hybridized carbons (Fsp3) is 0.881. The number of carbonyl (C=O) groups excluding carboxylic acids is 1. The maximum absolute atomic E-state index is 14.1. The van der Waals surface area contributed by atoms with Gasteiger partial charge >= 0.3 is 0 Å². The van der Waals surface area contributed by atoms with Gasteiger partial charge in [0.1, 0.15) is 24.1 Å². The Hall–Kier alpha value is -1.25. The van der Waals surface area contributed by atoms with Crippen molar-refractivity contribution in [1.82, 2.24) is 0 Å². The molecule has 11 heteroatoms. The average molecular weight is 744 g/mol. The highest BCUT2D eigenvalue weighted by atomic mass is 16.7. The van der Waals surface area contributed by atoms with E-state index in [4.69, 9.17) is 38.9 Å². The molecule has 8 aliphatic rings. The predicted molar refractivity (Wildman–Crippen MR) is 196 cm³/mol. The van der Waals surface area contributed by atoms with Crippen LogP contribution in [0.25, 0.3) is 0 Å². The summed E-state index contributed by atoms with van der Waals surface area (Å²) < 4.78 is 46.4. The molecule has 8 rings (SSSR count). The van der Waals surface area contributed by atoms with Crippen molar-refractivity contribution in [2.45, 2.75) is 189 Å². The number of ketones is 1. The van der Waals surface area contributed by atoms with Gasteiger partial charge in [-0.3, -0.25) is 4.79 Å². The van der Waals surface area contributed by atoms with Gasteiger partial charge in [-0.15, -0.1) is 0 Å². The van der Waals surface area contributed by atoms with Gasteiger partial charge in [-0.1, -0.05) is 27.0 Å². The summed E-state index contributed by atoms with van der Waals surface area (Å²) in [6, 6.07) is 0. The van der Waals surface area contributed by atoms with Crippen LogP contribution in [0.1, 0.15) is 104 Å². The third-order valence-electron chi connectivity index (χ3n) is 14.7. The number of aliphatic hydroxyl groups excluding tert-OH is 1. The van der Waals surface area contributed by atoms with Gasteiger partial charge in [0.15, 0.2) is 5.79 Å². The molecule has 0 spiro atoms. The standard InChI is InChI=1S/C42H65NO10/c1-21-12-29-6-8-33-22(2)13-31(48-33)10-11-42(46)19-36-24(4)37-40(52-36)41(53-42)39-34(51-37)9-7-30(50-39)17-27(44)18-32-25(16-35(49-29)23(21)3)14-26(38(32)47-5)15-28(45)20-43/h21,24-26,28-41,45-46H,2-3,6-20,43H2,1,4-5H3/t21-,24+,25+,26-,28+,29+,30-,31+,32+,33+,34+,35-,36-,37+,38+,39+,40-,41+,42+/m1/s1. The van der Waals surface area contributed by atoms with Gasteiger partial charge in [0.2, 0.25) is 0 Å². The molecule has 11 nitrogen and oxygen atoms in total. The summed E-state index contributed by atoms with van der Waals surface area (Å²) in [7, 11) is 1.73. The van der Waals surface area contributed by atoms with E-state index in [9.17, 15) is 15.0 Å². The zero-order chi connectivity index (χ0) is 37.2.